The Morgan fingerprint density at radius 2 is 1.75 bits per heavy atom. The summed E-state index contributed by atoms with van der Waals surface area (Å²) in [7, 11) is 0. The predicted molar refractivity (Wildman–Crippen MR) is 99.0 cm³/mol. The molecule has 24 heavy (non-hydrogen) atoms. The van der Waals surface area contributed by atoms with E-state index in [-0.39, 0.29) is 11.3 Å². The highest BCUT2D eigenvalue weighted by atomic mass is 16.1. The summed E-state index contributed by atoms with van der Waals surface area (Å²) in [5, 5.41) is 6.92. The molecule has 2 unspecified atom stereocenters. The minimum Gasteiger partial charge on any atom is -0.355 e. The zero-order valence-electron chi connectivity index (χ0n) is 15.2. The maximum atomic E-state index is 12.5. The van der Waals surface area contributed by atoms with Crippen LogP contribution in [0, 0.1) is 5.92 Å². The molecule has 2 aliphatic rings. The van der Waals surface area contributed by atoms with Crippen molar-refractivity contribution in [1.29, 1.82) is 0 Å². The lowest BCUT2D eigenvalue weighted by molar-refractivity contribution is -0.122. The van der Waals surface area contributed by atoms with Crippen molar-refractivity contribution in [2.75, 3.05) is 6.54 Å². The van der Waals surface area contributed by atoms with Crippen molar-refractivity contribution in [3.63, 3.8) is 0 Å². The van der Waals surface area contributed by atoms with Crippen LogP contribution in [0.5, 0.6) is 0 Å². The molecule has 3 heteroatoms. The van der Waals surface area contributed by atoms with Gasteiger partial charge in [-0.1, -0.05) is 44.2 Å². The fourth-order valence-electron chi connectivity index (χ4n) is 4.75. The van der Waals surface area contributed by atoms with Crippen molar-refractivity contribution in [2.24, 2.45) is 5.92 Å². The molecule has 0 radical (unpaired) electrons. The molecule has 0 aromatic heterocycles. The number of hydrogen-bond acceptors (Lipinski definition) is 2. The van der Waals surface area contributed by atoms with E-state index in [1.807, 2.05) is 0 Å². The Bertz CT molecular complexity index is 526. The van der Waals surface area contributed by atoms with Gasteiger partial charge < -0.3 is 10.6 Å². The van der Waals surface area contributed by atoms with Crippen LogP contribution in [0.25, 0.3) is 0 Å². The van der Waals surface area contributed by atoms with Crippen LogP contribution in [0.2, 0.25) is 0 Å². The van der Waals surface area contributed by atoms with E-state index >= 15 is 0 Å². The maximum absolute atomic E-state index is 12.5. The predicted octanol–water partition coefficient (Wildman–Crippen LogP) is 3.78. The summed E-state index contributed by atoms with van der Waals surface area (Å²) >= 11 is 0. The van der Waals surface area contributed by atoms with Gasteiger partial charge in [-0.2, -0.15) is 0 Å². The Hall–Kier alpha value is -1.35. The van der Waals surface area contributed by atoms with Crippen LogP contribution >= 0.6 is 0 Å². The summed E-state index contributed by atoms with van der Waals surface area (Å²) in [6.45, 7) is 5.21. The van der Waals surface area contributed by atoms with Gasteiger partial charge >= 0.3 is 0 Å². The van der Waals surface area contributed by atoms with E-state index in [1.54, 1.807) is 0 Å². The van der Waals surface area contributed by atoms with Crippen LogP contribution < -0.4 is 10.6 Å². The molecule has 1 aromatic carbocycles. The van der Waals surface area contributed by atoms with Crippen LogP contribution in [0.1, 0.15) is 64.4 Å². The molecule has 3 rings (SSSR count). The Labute approximate surface area is 146 Å². The third-order valence-corrected chi connectivity index (χ3v) is 6.41. The first-order valence-electron chi connectivity index (χ1n) is 9.73. The topological polar surface area (TPSA) is 41.1 Å². The Balaban J connectivity index is 1.55. The minimum absolute atomic E-state index is 0.0596. The van der Waals surface area contributed by atoms with Gasteiger partial charge in [-0.3, -0.25) is 4.79 Å². The average Bonchev–Trinajstić information content (AvgIpc) is 2.96. The van der Waals surface area contributed by atoms with E-state index in [9.17, 15) is 4.79 Å². The average molecular weight is 328 g/mol. The van der Waals surface area contributed by atoms with E-state index in [0.717, 1.165) is 19.4 Å². The molecule has 3 nitrogen and oxygen atoms in total. The van der Waals surface area contributed by atoms with Gasteiger partial charge in [-0.15, -0.1) is 0 Å². The summed E-state index contributed by atoms with van der Waals surface area (Å²) < 4.78 is 0. The Kier molecular flexibility index (Phi) is 5.60. The molecule has 0 aliphatic carbocycles. The van der Waals surface area contributed by atoms with Gasteiger partial charge in [0.25, 0.3) is 0 Å². The molecule has 1 aromatic rings. The molecule has 132 valence electrons. The van der Waals surface area contributed by atoms with Crippen LogP contribution in [0.3, 0.4) is 0 Å². The van der Waals surface area contributed by atoms with Gasteiger partial charge in [0, 0.05) is 30.5 Å². The summed E-state index contributed by atoms with van der Waals surface area (Å²) in [4.78, 5) is 12.5. The van der Waals surface area contributed by atoms with Crippen molar-refractivity contribution in [1.82, 2.24) is 10.6 Å². The molecular formula is C21H32N2O. The first kappa shape index (κ1) is 17.5. The SMILES string of the molecule is CCC(CC)(CNC(=O)CC1CC2CCC(C1)N2)c1ccccc1. The fraction of sp³-hybridized carbons (Fsp3) is 0.667. The van der Waals surface area contributed by atoms with Crippen molar-refractivity contribution < 1.29 is 4.79 Å². The first-order chi connectivity index (χ1) is 11.6. The normalized spacial score (nSPS) is 26.3. The fourth-order valence-corrected chi connectivity index (χ4v) is 4.75. The first-order valence-corrected chi connectivity index (χ1v) is 9.73. The zero-order chi connectivity index (χ0) is 17.0. The number of fused-ring (bicyclic) bond motifs is 2. The van der Waals surface area contributed by atoms with Gasteiger partial charge in [-0.05, 0) is 50.0 Å². The zero-order valence-corrected chi connectivity index (χ0v) is 15.2. The molecule has 2 heterocycles. The smallest absolute Gasteiger partial charge is 0.220 e. The van der Waals surface area contributed by atoms with Crippen molar-refractivity contribution in [3.05, 3.63) is 35.9 Å². The number of benzene rings is 1. The Morgan fingerprint density at radius 3 is 2.33 bits per heavy atom. The molecule has 2 aliphatic heterocycles. The van der Waals surface area contributed by atoms with Crippen LogP contribution in [-0.2, 0) is 10.2 Å². The highest BCUT2D eigenvalue weighted by molar-refractivity contribution is 5.76. The largest absolute Gasteiger partial charge is 0.355 e. The quantitative estimate of drug-likeness (QED) is 0.800. The molecule has 2 fully saturated rings. The van der Waals surface area contributed by atoms with Gasteiger partial charge in [0.1, 0.15) is 0 Å². The third-order valence-electron chi connectivity index (χ3n) is 6.41. The molecule has 2 N–H and O–H groups in total. The van der Waals surface area contributed by atoms with Crippen LogP contribution in [-0.4, -0.2) is 24.5 Å². The number of amides is 1. The molecule has 0 saturated carbocycles. The van der Waals surface area contributed by atoms with Gasteiger partial charge in [-0.25, -0.2) is 0 Å². The van der Waals surface area contributed by atoms with E-state index in [2.05, 4.69) is 54.8 Å². The van der Waals surface area contributed by atoms with E-state index in [1.165, 1.54) is 31.2 Å². The van der Waals surface area contributed by atoms with Crippen LogP contribution in [0.15, 0.2) is 30.3 Å². The number of hydrogen-bond donors (Lipinski definition) is 2. The minimum atomic E-state index is 0.0596. The lowest BCUT2D eigenvalue weighted by Crippen LogP contribution is -2.42. The molecule has 2 saturated heterocycles. The van der Waals surface area contributed by atoms with Gasteiger partial charge in [0.05, 0.1) is 0 Å². The number of piperidine rings is 1. The number of carbonyl (C=O) groups excluding carboxylic acids is 1. The lowest BCUT2D eigenvalue weighted by atomic mass is 9.75. The maximum Gasteiger partial charge on any atom is 0.220 e. The highest BCUT2D eigenvalue weighted by Gasteiger charge is 2.34. The number of carbonyl (C=O) groups is 1. The van der Waals surface area contributed by atoms with E-state index in [0.29, 0.717) is 24.4 Å². The second-order valence-electron chi connectivity index (χ2n) is 7.81. The van der Waals surface area contributed by atoms with Gasteiger partial charge in [0.15, 0.2) is 0 Å². The molecular weight excluding hydrogens is 296 g/mol. The summed E-state index contributed by atoms with van der Waals surface area (Å²) in [6.07, 6.45) is 7.74. The van der Waals surface area contributed by atoms with Gasteiger partial charge in [0.2, 0.25) is 5.91 Å². The molecule has 2 bridgehead atoms. The highest BCUT2D eigenvalue weighted by Crippen LogP contribution is 2.33. The Morgan fingerprint density at radius 1 is 1.12 bits per heavy atom. The summed E-state index contributed by atoms with van der Waals surface area (Å²) in [5.41, 5.74) is 1.40. The van der Waals surface area contributed by atoms with Crippen LogP contribution in [0.4, 0.5) is 0 Å². The standard InChI is InChI=1S/C21H32N2O/c1-3-21(4-2,17-8-6-5-7-9-17)15-22-20(24)14-16-12-18-10-11-19(13-16)23-18/h5-9,16,18-19,23H,3-4,10-15H2,1-2H3,(H,22,24). The lowest BCUT2D eigenvalue weighted by Gasteiger charge is -2.33. The van der Waals surface area contributed by atoms with Crippen molar-refractivity contribution >= 4 is 5.91 Å². The monoisotopic (exact) mass is 328 g/mol. The van der Waals surface area contributed by atoms with Crippen molar-refractivity contribution in [2.45, 2.75) is 76.3 Å². The summed E-state index contributed by atoms with van der Waals surface area (Å²) in [6, 6.07) is 12.0. The van der Waals surface area contributed by atoms with E-state index in [4.69, 9.17) is 0 Å². The number of nitrogens with one attached hydrogen (secondary N) is 2. The second-order valence-corrected chi connectivity index (χ2v) is 7.81. The summed E-state index contributed by atoms with van der Waals surface area (Å²) in [5.74, 6) is 0.807. The molecule has 1 amide bonds. The van der Waals surface area contributed by atoms with E-state index < -0.39 is 0 Å². The second kappa shape index (κ2) is 7.69. The number of rotatable bonds is 7. The van der Waals surface area contributed by atoms with Crippen molar-refractivity contribution in [3.8, 4) is 0 Å². The molecule has 2 atom stereocenters. The molecule has 0 spiro atoms. The third kappa shape index (κ3) is 3.83.